The van der Waals surface area contributed by atoms with E-state index in [-0.39, 0.29) is 0 Å². The monoisotopic (exact) mass is 211 g/mol. The van der Waals surface area contributed by atoms with E-state index in [2.05, 4.69) is 11.1 Å². The maximum absolute atomic E-state index is 5.79. The van der Waals surface area contributed by atoms with Crippen molar-refractivity contribution in [2.45, 2.75) is 6.10 Å². The standard InChI is InChI=1S/C9H6ClNOS/c10-9-2-1-7-5(11-9)3-8(13-7)6-4-12-6/h1-3,6H,4H2/t6-/m1/s1. The molecule has 0 amide bonds. The Balaban J connectivity index is 2.20. The molecule has 0 unspecified atom stereocenters. The summed E-state index contributed by atoms with van der Waals surface area (Å²) in [5.41, 5.74) is 0.975. The van der Waals surface area contributed by atoms with Crippen molar-refractivity contribution in [3.63, 3.8) is 0 Å². The first-order valence-corrected chi connectivity index (χ1v) is 5.20. The first-order chi connectivity index (χ1) is 6.33. The van der Waals surface area contributed by atoms with Gasteiger partial charge in [-0.25, -0.2) is 4.98 Å². The molecule has 1 aliphatic rings. The van der Waals surface area contributed by atoms with Gasteiger partial charge < -0.3 is 4.74 Å². The Morgan fingerprint density at radius 2 is 2.38 bits per heavy atom. The van der Waals surface area contributed by atoms with Gasteiger partial charge in [0.25, 0.3) is 0 Å². The van der Waals surface area contributed by atoms with E-state index in [1.807, 2.05) is 12.1 Å². The smallest absolute Gasteiger partial charge is 0.129 e. The lowest BCUT2D eigenvalue weighted by atomic mass is 10.3. The number of nitrogens with zero attached hydrogens (tertiary/aromatic N) is 1. The summed E-state index contributed by atoms with van der Waals surface area (Å²) in [5.74, 6) is 0. The van der Waals surface area contributed by atoms with Gasteiger partial charge in [-0.3, -0.25) is 0 Å². The van der Waals surface area contributed by atoms with Gasteiger partial charge in [-0.1, -0.05) is 11.6 Å². The minimum atomic E-state index is 0.318. The van der Waals surface area contributed by atoms with Crippen LogP contribution in [0, 0.1) is 0 Å². The van der Waals surface area contributed by atoms with Crippen molar-refractivity contribution >= 4 is 33.2 Å². The minimum Gasteiger partial charge on any atom is -0.367 e. The zero-order valence-electron chi connectivity index (χ0n) is 6.66. The van der Waals surface area contributed by atoms with Crippen molar-refractivity contribution in [2.75, 3.05) is 6.61 Å². The normalized spacial score (nSPS) is 20.8. The van der Waals surface area contributed by atoms with E-state index >= 15 is 0 Å². The van der Waals surface area contributed by atoms with E-state index < -0.39 is 0 Å². The summed E-state index contributed by atoms with van der Waals surface area (Å²) in [6.45, 7) is 0.848. The second-order valence-electron chi connectivity index (χ2n) is 2.99. The molecule has 13 heavy (non-hydrogen) atoms. The Hall–Kier alpha value is -0.640. The van der Waals surface area contributed by atoms with Gasteiger partial charge in [0.1, 0.15) is 11.3 Å². The highest BCUT2D eigenvalue weighted by atomic mass is 35.5. The molecular weight excluding hydrogens is 206 g/mol. The third kappa shape index (κ3) is 1.33. The summed E-state index contributed by atoms with van der Waals surface area (Å²) in [4.78, 5) is 5.48. The van der Waals surface area contributed by atoms with Gasteiger partial charge in [-0.2, -0.15) is 0 Å². The van der Waals surface area contributed by atoms with Crippen LogP contribution in [-0.4, -0.2) is 11.6 Å². The van der Waals surface area contributed by atoms with Gasteiger partial charge in [0.2, 0.25) is 0 Å². The molecule has 0 N–H and O–H groups in total. The van der Waals surface area contributed by atoms with Crippen molar-refractivity contribution in [3.05, 3.63) is 28.2 Å². The molecule has 66 valence electrons. The fourth-order valence-corrected chi connectivity index (χ4v) is 2.48. The number of fused-ring (bicyclic) bond motifs is 1. The number of ether oxygens (including phenoxy) is 1. The predicted molar refractivity (Wildman–Crippen MR) is 53.3 cm³/mol. The quantitative estimate of drug-likeness (QED) is 0.535. The number of hydrogen-bond acceptors (Lipinski definition) is 3. The summed E-state index contributed by atoms with van der Waals surface area (Å²) in [6.07, 6.45) is 0.318. The van der Waals surface area contributed by atoms with E-state index in [1.165, 1.54) is 9.58 Å². The van der Waals surface area contributed by atoms with Crippen LogP contribution in [0.15, 0.2) is 18.2 Å². The molecular formula is C9H6ClNOS. The molecule has 0 spiro atoms. The number of pyridine rings is 1. The van der Waals surface area contributed by atoms with E-state index in [4.69, 9.17) is 16.3 Å². The average Bonchev–Trinajstić information content (AvgIpc) is 2.87. The van der Waals surface area contributed by atoms with Crippen molar-refractivity contribution in [3.8, 4) is 0 Å². The molecule has 1 atom stereocenters. The SMILES string of the molecule is Clc1ccc2sc([C@H]3CO3)cc2n1. The molecule has 1 aliphatic heterocycles. The van der Waals surface area contributed by atoms with Crippen LogP contribution in [0.4, 0.5) is 0 Å². The lowest BCUT2D eigenvalue weighted by Crippen LogP contribution is -1.72. The van der Waals surface area contributed by atoms with Crippen LogP contribution in [0.5, 0.6) is 0 Å². The predicted octanol–water partition coefficient (Wildman–Crippen LogP) is 3.02. The van der Waals surface area contributed by atoms with Gasteiger partial charge >= 0.3 is 0 Å². The third-order valence-corrected chi connectivity index (χ3v) is 3.40. The molecule has 3 rings (SSSR count). The topological polar surface area (TPSA) is 25.4 Å². The summed E-state index contributed by atoms with van der Waals surface area (Å²) in [7, 11) is 0. The molecule has 1 fully saturated rings. The first kappa shape index (κ1) is 7.74. The first-order valence-electron chi connectivity index (χ1n) is 4.00. The fourth-order valence-electron chi connectivity index (χ4n) is 1.29. The van der Waals surface area contributed by atoms with Gasteiger partial charge in [0.15, 0.2) is 0 Å². The van der Waals surface area contributed by atoms with Gasteiger partial charge in [-0.15, -0.1) is 11.3 Å². The van der Waals surface area contributed by atoms with Crippen LogP contribution in [0.1, 0.15) is 11.0 Å². The highest BCUT2D eigenvalue weighted by Gasteiger charge is 2.26. The van der Waals surface area contributed by atoms with Gasteiger partial charge in [-0.05, 0) is 18.2 Å². The zero-order chi connectivity index (χ0) is 8.84. The summed E-state index contributed by atoms with van der Waals surface area (Å²) in [5, 5.41) is 0.550. The zero-order valence-corrected chi connectivity index (χ0v) is 8.23. The highest BCUT2D eigenvalue weighted by molar-refractivity contribution is 7.19. The van der Waals surface area contributed by atoms with E-state index in [9.17, 15) is 0 Å². The number of thiophene rings is 1. The van der Waals surface area contributed by atoms with Crippen LogP contribution in [0.3, 0.4) is 0 Å². The number of hydrogen-bond donors (Lipinski definition) is 0. The Bertz CT molecular complexity index is 464. The summed E-state index contributed by atoms with van der Waals surface area (Å²) in [6, 6.07) is 5.88. The van der Waals surface area contributed by atoms with Crippen LogP contribution >= 0.6 is 22.9 Å². The molecule has 4 heteroatoms. The van der Waals surface area contributed by atoms with Crippen LogP contribution < -0.4 is 0 Å². The van der Waals surface area contributed by atoms with E-state index in [0.29, 0.717) is 11.3 Å². The van der Waals surface area contributed by atoms with Gasteiger partial charge in [0, 0.05) is 4.88 Å². The number of halogens is 1. The number of rotatable bonds is 1. The largest absolute Gasteiger partial charge is 0.367 e. The molecule has 3 heterocycles. The van der Waals surface area contributed by atoms with Crippen molar-refractivity contribution in [2.24, 2.45) is 0 Å². The maximum atomic E-state index is 5.79. The molecule has 2 nitrogen and oxygen atoms in total. The molecule has 2 aromatic heterocycles. The summed E-state index contributed by atoms with van der Waals surface area (Å²) < 4.78 is 6.38. The highest BCUT2D eigenvalue weighted by Crippen LogP contribution is 2.37. The Labute approximate surface area is 84.1 Å². The average molecular weight is 212 g/mol. The Kier molecular flexibility index (Phi) is 1.59. The van der Waals surface area contributed by atoms with Gasteiger partial charge in [0.05, 0.1) is 16.8 Å². The maximum Gasteiger partial charge on any atom is 0.129 e. The van der Waals surface area contributed by atoms with Crippen LogP contribution in [0.2, 0.25) is 5.15 Å². The van der Waals surface area contributed by atoms with E-state index in [1.54, 1.807) is 11.3 Å². The second kappa shape index (κ2) is 2.67. The molecule has 1 saturated heterocycles. The lowest BCUT2D eigenvalue weighted by Gasteiger charge is -1.87. The fraction of sp³-hybridized carbons (Fsp3) is 0.222. The molecule has 2 aromatic rings. The second-order valence-corrected chi connectivity index (χ2v) is 4.49. The number of epoxide rings is 1. The Morgan fingerprint density at radius 1 is 1.54 bits per heavy atom. The molecule has 0 radical (unpaired) electrons. The van der Waals surface area contributed by atoms with Crippen LogP contribution in [-0.2, 0) is 4.74 Å². The molecule has 0 bridgehead atoms. The van der Waals surface area contributed by atoms with Crippen molar-refractivity contribution < 1.29 is 4.74 Å². The van der Waals surface area contributed by atoms with Crippen molar-refractivity contribution in [1.29, 1.82) is 0 Å². The molecule has 0 saturated carbocycles. The lowest BCUT2D eigenvalue weighted by molar-refractivity contribution is 0.418. The minimum absolute atomic E-state index is 0.318. The summed E-state index contributed by atoms with van der Waals surface area (Å²) >= 11 is 7.52. The molecule has 0 aromatic carbocycles. The third-order valence-electron chi connectivity index (χ3n) is 2.01. The van der Waals surface area contributed by atoms with Crippen molar-refractivity contribution in [1.82, 2.24) is 4.98 Å². The van der Waals surface area contributed by atoms with Crippen LogP contribution in [0.25, 0.3) is 10.2 Å². The number of aromatic nitrogens is 1. The van der Waals surface area contributed by atoms with E-state index in [0.717, 1.165) is 12.1 Å². The molecule has 0 aliphatic carbocycles. The Morgan fingerprint density at radius 3 is 3.15 bits per heavy atom.